The molecule has 1 aliphatic heterocycles. The fraction of sp³-hybridized carbons (Fsp3) is 0.708. The number of anilines is 1. The Morgan fingerprint density at radius 2 is 1.90 bits per heavy atom. The molecule has 29 heavy (non-hydrogen) atoms. The van der Waals surface area contributed by atoms with Crippen LogP contribution in [0.1, 0.15) is 79.0 Å². The number of piperazine rings is 1. The van der Waals surface area contributed by atoms with Gasteiger partial charge in [0.25, 0.3) is 0 Å². The number of carbonyl (C=O) groups excluding carboxylic acids is 1. The molecule has 1 fully saturated rings. The van der Waals surface area contributed by atoms with Crippen molar-refractivity contribution < 1.29 is 4.79 Å². The van der Waals surface area contributed by atoms with E-state index >= 15 is 0 Å². The number of carbonyl (C=O) groups is 1. The van der Waals surface area contributed by atoms with Crippen molar-refractivity contribution in [1.82, 2.24) is 14.9 Å². The van der Waals surface area contributed by atoms with Gasteiger partial charge in [0, 0.05) is 43.3 Å². The lowest BCUT2D eigenvalue weighted by Gasteiger charge is -2.49. The number of hydrogen-bond acceptors (Lipinski definition) is 5. The van der Waals surface area contributed by atoms with E-state index in [4.69, 9.17) is 4.98 Å². The maximum Gasteiger partial charge on any atom is 0.157 e. The third-order valence-electron chi connectivity index (χ3n) is 7.01. The lowest BCUT2D eigenvalue weighted by molar-refractivity contribution is -0.120. The van der Waals surface area contributed by atoms with Gasteiger partial charge in [0.2, 0.25) is 0 Å². The minimum absolute atomic E-state index is 0.171. The van der Waals surface area contributed by atoms with Crippen LogP contribution in [0.15, 0.2) is 18.3 Å². The Hall–Kier alpha value is -1.75. The highest BCUT2D eigenvalue weighted by Gasteiger charge is 2.35. The van der Waals surface area contributed by atoms with Gasteiger partial charge < -0.3 is 4.90 Å². The van der Waals surface area contributed by atoms with Crippen LogP contribution in [0.4, 0.5) is 5.82 Å². The molecule has 160 valence electrons. The van der Waals surface area contributed by atoms with Crippen molar-refractivity contribution in [3.8, 4) is 0 Å². The fourth-order valence-corrected chi connectivity index (χ4v) is 4.79. The number of ketones is 1. The lowest BCUT2D eigenvalue weighted by atomic mass is 9.87. The molecule has 1 aromatic heterocycles. The van der Waals surface area contributed by atoms with Gasteiger partial charge in [-0.05, 0) is 64.0 Å². The van der Waals surface area contributed by atoms with E-state index in [9.17, 15) is 4.79 Å². The van der Waals surface area contributed by atoms with Gasteiger partial charge in [-0.25, -0.2) is 9.97 Å². The third kappa shape index (κ3) is 4.88. The highest BCUT2D eigenvalue weighted by atomic mass is 16.1. The van der Waals surface area contributed by atoms with Gasteiger partial charge in [0.1, 0.15) is 11.6 Å². The summed E-state index contributed by atoms with van der Waals surface area (Å²) in [4.78, 5) is 26.5. The smallest absolute Gasteiger partial charge is 0.157 e. The van der Waals surface area contributed by atoms with Gasteiger partial charge in [-0.2, -0.15) is 0 Å². The first kappa shape index (κ1) is 21.9. The molecule has 1 aliphatic carbocycles. The van der Waals surface area contributed by atoms with Crippen molar-refractivity contribution in [1.29, 1.82) is 0 Å². The molecule has 0 saturated carbocycles. The molecule has 3 rings (SSSR count). The number of allylic oxidation sites excluding steroid dienone is 2. The van der Waals surface area contributed by atoms with Gasteiger partial charge in [-0.15, -0.1) is 0 Å². The Morgan fingerprint density at radius 3 is 2.41 bits per heavy atom. The molecule has 0 N–H and O–H groups in total. The Labute approximate surface area is 176 Å². The summed E-state index contributed by atoms with van der Waals surface area (Å²) in [6.07, 6.45) is 10.2. The minimum atomic E-state index is 0.171. The van der Waals surface area contributed by atoms with E-state index in [1.165, 1.54) is 12.0 Å². The molecule has 5 nitrogen and oxygen atoms in total. The van der Waals surface area contributed by atoms with E-state index < -0.39 is 0 Å². The summed E-state index contributed by atoms with van der Waals surface area (Å²) in [5.41, 5.74) is 1.20. The standard InChI is InChI=1S/C24H38N4O/c1-6-17(4)27-15-21(7-2)28(22(8-3)16-27)23-13-14-25-24(26-23)20-11-9-19(10-12-20)18(5)29/h11,13-14,17,19,21-22H,6-10,12,15-16H2,1-5H3. The highest BCUT2D eigenvalue weighted by Crippen LogP contribution is 2.32. The molecule has 0 bridgehead atoms. The van der Waals surface area contributed by atoms with Crippen LogP contribution >= 0.6 is 0 Å². The molecule has 1 aromatic rings. The normalized spacial score (nSPS) is 26.9. The van der Waals surface area contributed by atoms with E-state index in [0.717, 1.165) is 56.8 Å². The van der Waals surface area contributed by atoms with Crippen LogP contribution in [0.2, 0.25) is 0 Å². The Kier molecular flexibility index (Phi) is 7.44. The van der Waals surface area contributed by atoms with E-state index in [1.54, 1.807) is 6.92 Å². The van der Waals surface area contributed by atoms with Crippen LogP contribution in [0.5, 0.6) is 0 Å². The van der Waals surface area contributed by atoms with Crippen molar-refractivity contribution >= 4 is 17.2 Å². The maximum absolute atomic E-state index is 11.7. The fourth-order valence-electron chi connectivity index (χ4n) is 4.79. The molecular weight excluding hydrogens is 360 g/mol. The number of hydrogen-bond donors (Lipinski definition) is 0. The van der Waals surface area contributed by atoms with Crippen LogP contribution in [0.3, 0.4) is 0 Å². The summed E-state index contributed by atoms with van der Waals surface area (Å²) in [5.74, 6) is 2.38. The van der Waals surface area contributed by atoms with Crippen molar-refractivity contribution in [2.24, 2.45) is 5.92 Å². The van der Waals surface area contributed by atoms with E-state index in [1.807, 2.05) is 6.20 Å². The average Bonchev–Trinajstić information content (AvgIpc) is 2.77. The molecule has 0 radical (unpaired) electrons. The van der Waals surface area contributed by atoms with E-state index in [2.05, 4.69) is 54.6 Å². The van der Waals surface area contributed by atoms with Gasteiger partial charge in [-0.1, -0.05) is 26.8 Å². The molecule has 0 aromatic carbocycles. The summed E-state index contributed by atoms with van der Waals surface area (Å²) < 4.78 is 0. The predicted octanol–water partition coefficient (Wildman–Crippen LogP) is 4.73. The van der Waals surface area contributed by atoms with Crippen LogP contribution in [-0.2, 0) is 4.79 Å². The molecule has 5 heteroatoms. The molecule has 4 atom stereocenters. The predicted molar refractivity (Wildman–Crippen MR) is 120 cm³/mol. The second kappa shape index (κ2) is 9.84. The number of rotatable bonds is 7. The lowest BCUT2D eigenvalue weighted by Crippen LogP contribution is -2.60. The van der Waals surface area contributed by atoms with Crippen LogP contribution in [-0.4, -0.2) is 51.9 Å². The summed E-state index contributed by atoms with van der Waals surface area (Å²) in [6.45, 7) is 13.1. The Bertz CT molecular complexity index is 717. The molecule has 2 heterocycles. The van der Waals surface area contributed by atoms with E-state index in [-0.39, 0.29) is 5.92 Å². The maximum atomic E-state index is 11.7. The van der Waals surface area contributed by atoms with Gasteiger partial charge >= 0.3 is 0 Å². The monoisotopic (exact) mass is 398 g/mol. The average molecular weight is 399 g/mol. The molecule has 1 saturated heterocycles. The zero-order valence-electron chi connectivity index (χ0n) is 18.9. The SMILES string of the molecule is CCC(C)N1CC(CC)N(c2ccnc(C3=CCC(C(C)=O)CC3)n2)C(CC)C1. The molecule has 0 amide bonds. The summed E-state index contributed by atoms with van der Waals surface area (Å²) in [7, 11) is 0. The molecule has 2 aliphatic rings. The van der Waals surface area contributed by atoms with Crippen LogP contribution < -0.4 is 4.90 Å². The largest absolute Gasteiger partial charge is 0.348 e. The zero-order valence-corrected chi connectivity index (χ0v) is 18.9. The van der Waals surface area contributed by atoms with Crippen molar-refractivity contribution in [2.75, 3.05) is 18.0 Å². The van der Waals surface area contributed by atoms with Crippen LogP contribution in [0, 0.1) is 5.92 Å². The Morgan fingerprint density at radius 1 is 1.21 bits per heavy atom. The van der Waals surface area contributed by atoms with Crippen molar-refractivity contribution in [2.45, 2.75) is 91.3 Å². The second-order valence-electron chi connectivity index (χ2n) is 8.79. The quantitative estimate of drug-likeness (QED) is 0.665. The summed E-state index contributed by atoms with van der Waals surface area (Å²) >= 11 is 0. The van der Waals surface area contributed by atoms with Crippen molar-refractivity contribution in [3.63, 3.8) is 0 Å². The first-order chi connectivity index (χ1) is 14.0. The summed E-state index contributed by atoms with van der Waals surface area (Å²) in [6, 6.07) is 3.67. The van der Waals surface area contributed by atoms with E-state index in [0.29, 0.717) is 23.9 Å². The Balaban J connectivity index is 1.84. The van der Waals surface area contributed by atoms with Crippen molar-refractivity contribution in [3.05, 3.63) is 24.2 Å². The molecule has 4 unspecified atom stereocenters. The number of Topliss-reactive ketones (excluding diaryl/α,β-unsaturated/α-hetero) is 1. The highest BCUT2D eigenvalue weighted by molar-refractivity contribution is 5.79. The molecular formula is C24H38N4O. The second-order valence-corrected chi connectivity index (χ2v) is 8.79. The minimum Gasteiger partial charge on any atom is -0.348 e. The number of aromatic nitrogens is 2. The van der Waals surface area contributed by atoms with Gasteiger partial charge in [0.15, 0.2) is 5.82 Å². The first-order valence-electron chi connectivity index (χ1n) is 11.5. The zero-order chi connectivity index (χ0) is 21.0. The van der Waals surface area contributed by atoms with Gasteiger partial charge in [0.05, 0.1) is 0 Å². The molecule has 0 spiro atoms. The number of nitrogens with zero attached hydrogens (tertiary/aromatic N) is 4. The summed E-state index contributed by atoms with van der Waals surface area (Å²) in [5, 5.41) is 0. The topological polar surface area (TPSA) is 49.3 Å². The first-order valence-corrected chi connectivity index (χ1v) is 11.5. The van der Waals surface area contributed by atoms with Crippen LogP contribution in [0.25, 0.3) is 5.57 Å². The van der Waals surface area contributed by atoms with Gasteiger partial charge in [-0.3, -0.25) is 9.69 Å². The third-order valence-corrected chi connectivity index (χ3v) is 7.01.